The number of nitrogen functional groups attached to an aromatic ring is 1. The van der Waals surface area contributed by atoms with E-state index in [4.69, 9.17) is 31.8 Å². The molecule has 9 heteroatoms. The summed E-state index contributed by atoms with van der Waals surface area (Å²) < 4.78 is 11.0. The largest absolute Gasteiger partial charge is 0.493 e. The van der Waals surface area contributed by atoms with E-state index in [1.807, 2.05) is 60.0 Å². The molecular weight excluding hydrogens is 491 g/mol. The van der Waals surface area contributed by atoms with Gasteiger partial charge in [-0.25, -0.2) is 15.0 Å². The second kappa shape index (κ2) is 9.85. The summed E-state index contributed by atoms with van der Waals surface area (Å²) in [6.07, 6.45) is 1.43. The maximum atomic E-state index is 6.40. The van der Waals surface area contributed by atoms with Crippen LogP contribution >= 0.6 is 35.3 Å². The lowest BCUT2D eigenvalue weighted by Gasteiger charge is -2.19. The number of rotatable bonds is 5. The van der Waals surface area contributed by atoms with Gasteiger partial charge in [0.1, 0.15) is 12.1 Å². The van der Waals surface area contributed by atoms with Crippen LogP contribution in [0.3, 0.4) is 0 Å². The van der Waals surface area contributed by atoms with E-state index in [0.717, 1.165) is 32.8 Å². The maximum absolute atomic E-state index is 6.40. The average Bonchev–Trinajstić information content (AvgIpc) is 3.37. The summed E-state index contributed by atoms with van der Waals surface area (Å²) in [6, 6.07) is 17.5. The first kappa shape index (κ1) is 23.8. The molecule has 172 valence electrons. The topological polar surface area (TPSA) is 83.2 Å². The highest BCUT2D eigenvalue weighted by atomic mass is 35.5. The van der Waals surface area contributed by atoms with E-state index in [0.29, 0.717) is 33.4 Å². The summed E-state index contributed by atoms with van der Waals surface area (Å²) in [5.74, 6) is 1.60. The monoisotopic (exact) mass is 510 g/mol. The summed E-state index contributed by atoms with van der Waals surface area (Å²) in [4.78, 5) is 14.6. The van der Waals surface area contributed by atoms with Gasteiger partial charge in [0.05, 0.1) is 30.2 Å². The van der Waals surface area contributed by atoms with Crippen LogP contribution in [0.25, 0.3) is 43.9 Å². The third kappa shape index (κ3) is 4.14. The number of pyridine rings is 1. The Labute approximate surface area is 211 Å². The first-order chi connectivity index (χ1) is 16.1. The van der Waals surface area contributed by atoms with Crippen molar-refractivity contribution < 1.29 is 9.47 Å². The van der Waals surface area contributed by atoms with E-state index >= 15 is 0 Å². The minimum atomic E-state index is 0. The quantitative estimate of drug-likeness (QED) is 0.281. The summed E-state index contributed by atoms with van der Waals surface area (Å²) in [5.41, 5.74) is 11.2. The van der Waals surface area contributed by atoms with Crippen LogP contribution in [0.2, 0.25) is 5.02 Å². The number of ether oxygens (including phenoxy) is 2. The van der Waals surface area contributed by atoms with E-state index in [1.165, 1.54) is 6.33 Å². The molecule has 0 saturated carbocycles. The van der Waals surface area contributed by atoms with E-state index in [1.54, 1.807) is 25.6 Å². The average molecular weight is 511 g/mol. The highest BCUT2D eigenvalue weighted by molar-refractivity contribution is 7.13. The van der Waals surface area contributed by atoms with Gasteiger partial charge in [0.2, 0.25) is 0 Å². The minimum Gasteiger partial charge on any atom is -0.493 e. The summed E-state index contributed by atoms with van der Waals surface area (Å²) in [5, 5.41) is 3.31. The molecule has 0 bridgehead atoms. The zero-order valence-electron chi connectivity index (χ0n) is 18.3. The minimum absolute atomic E-state index is 0. The summed E-state index contributed by atoms with van der Waals surface area (Å²) in [6.45, 7) is 0. The van der Waals surface area contributed by atoms with E-state index in [2.05, 4.69) is 9.97 Å². The molecular formula is C25H20Cl2N4O2S. The molecule has 0 spiro atoms. The molecule has 3 heterocycles. The van der Waals surface area contributed by atoms with Crippen LogP contribution in [0.1, 0.15) is 0 Å². The number of nitrogens with zero attached hydrogens (tertiary/aromatic N) is 3. The SMILES string of the molecule is COc1ccc(-c2c(-c3cccs3)nc3ncnc(N)c3c2-c2cccc(Cl)c2)cc1OC.Cl. The lowest BCUT2D eigenvalue weighted by Crippen LogP contribution is -2.02. The smallest absolute Gasteiger partial charge is 0.165 e. The molecule has 0 aliphatic heterocycles. The van der Waals surface area contributed by atoms with Gasteiger partial charge in [-0.15, -0.1) is 23.7 Å². The van der Waals surface area contributed by atoms with Crippen molar-refractivity contribution in [2.75, 3.05) is 20.0 Å². The van der Waals surface area contributed by atoms with Crippen LogP contribution in [0, 0.1) is 0 Å². The van der Waals surface area contributed by atoms with Crippen LogP contribution < -0.4 is 15.2 Å². The van der Waals surface area contributed by atoms with Gasteiger partial charge in [-0.05, 0) is 46.8 Å². The Bertz CT molecular complexity index is 1480. The molecule has 0 aliphatic rings. The molecule has 0 amide bonds. The third-order valence-electron chi connectivity index (χ3n) is 5.35. The number of aromatic nitrogens is 3. The van der Waals surface area contributed by atoms with E-state index in [-0.39, 0.29) is 12.4 Å². The summed E-state index contributed by atoms with van der Waals surface area (Å²) >= 11 is 8.00. The van der Waals surface area contributed by atoms with Gasteiger partial charge >= 0.3 is 0 Å². The van der Waals surface area contributed by atoms with Crippen LogP contribution in [0.5, 0.6) is 11.5 Å². The second-order valence-electron chi connectivity index (χ2n) is 7.23. The second-order valence-corrected chi connectivity index (χ2v) is 8.61. The van der Waals surface area contributed by atoms with Crippen molar-refractivity contribution in [1.82, 2.24) is 15.0 Å². The van der Waals surface area contributed by atoms with Crippen molar-refractivity contribution in [2.45, 2.75) is 0 Å². The molecule has 2 N–H and O–H groups in total. The molecule has 34 heavy (non-hydrogen) atoms. The maximum Gasteiger partial charge on any atom is 0.165 e. The van der Waals surface area contributed by atoms with E-state index in [9.17, 15) is 0 Å². The highest BCUT2D eigenvalue weighted by Crippen LogP contribution is 2.46. The third-order valence-corrected chi connectivity index (χ3v) is 6.46. The Balaban J connectivity index is 0.00000274. The molecule has 0 aliphatic carbocycles. The Hall–Kier alpha value is -3.39. The number of nitrogens with two attached hydrogens (primary N) is 1. The zero-order chi connectivity index (χ0) is 22.9. The summed E-state index contributed by atoms with van der Waals surface area (Å²) in [7, 11) is 3.23. The highest BCUT2D eigenvalue weighted by Gasteiger charge is 2.23. The standard InChI is InChI=1S/C25H19ClN4O2S.ClH/c1-31-17-9-8-15(12-18(17)32-2)21-20(14-5-3-6-16(26)11-14)22-24(27)28-13-29-25(22)30-23(21)19-7-4-10-33-19;/h3-13H,1-2H3,(H2,27,28,29,30);1H. The van der Waals surface area contributed by atoms with Crippen LogP contribution in [-0.4, -0.2) is 29.2 Å². The number of methoxy groups -OCH3 is 2. The fraction of sp³-hybridized carbons (Fsp3) is 0.0800. The molecule has 0 radical (unpaired) electrons. The lowest BCUT2D eigenvalue weighted by atomic mass is 9.90. The molecule has 3 aromatic heterocycles. The first-order valence-corrected chi connectivity index (χ1v) is 11.3. The van der Waals surface area contributed by atoms with Gasteiger partial charge in [-0.3, -0.25) is 0 Å². The van der Waals surface area contributed by atoms with Crippen LogP contribution in [-0.2, 0) is 0 Å². The molecule has 0 unspecified atom stereocenters. The Morgan fingerprint density at radius 1 is 0.882 bits per heavy atom. The number of halogens is 2. The van der Waals surface area contributed by atoms with Gasteiger partial charge in [0.15, 0.2) is 17.1 Å². The predicted molar refractivity (Wildman–Crippen MR) is 141 cm³/mol. The predicted octanol–water partition coefficient (Wildman–Crippen LogP) is 6.76. The van der Waals surface area contributed by atoms with Crippen LogP contribution in [0.4, 0.5) is 5.82 Å². The molecule has 2 aromatic carbocycles. The van der Waals surface area contributed by atoms with E-state index < -0.39 is 0 Å². The molecule has 5 aromatic rings. The number of anilines is 1. The number of hydrogen-bond donors (Lipinski definition) is 1. The van der Waals surface area contributed by atoms with Gasteiger partial charge in [0, 0.05) is 16.1 Å². The van der Waals surface area contributed by atoms with Crippen molar-refractivity contribution in [3.8, 4) is 44.3 Å². The molecule has 0 saturated heterocycles. The zero-order valence-corrected chi connectivity index (χ0v) is 20.7. The van der Waals surface area contributed by atoms with Crippen molar-refractivity contribution in [3.63, 3.8) is 0 Å². The molecule has 6 nitrogen and oxygen atoms in total. The lowest BCUT2D eigenvalue weighted by molar-refractivity contribution is 0.355. The molecule has 5 rings (SSSR count). The molecule has 0 atom stereocenters. The Kier molecular flexibility index (Phi) is 6.88. The number of benzene rings is 2. The fourth-order valence-corrected chi connectivity index (χ4v) is 4.83. The van der Waals surface area contributed by atoms with Crippen molar-refractivity contribution in [3.05, 3.63) is 71.3 Å². The van der Waals surface area contributed by atoms with Gasteiger partial charge in [-0.1, -0.05) is 35.9 Å². The first-order valence-electron chi connectivity index (χ1n) is 10.1. The van der Waals surface area contributed by atoms with Crippen LogP contribution in [0.15, 0.2) is 66.3 Å². The van der Waals surface area contributed by atoms with Crippen molar-refractivity contribution in [1.29, 1.82) is 0 Å². The fourth-order valence-electron chi connectivity index (χ4n) is 3.92. The Morgan fingerprint density at radius 3 is 2.38 bits per heavy atom. The Morgan fingerprint density at radius 2 is 1.68 bits per heavy atom. The van der Waals surface area contributed by atoms with Crippen molar-refractivity contribution in [2.24, 2.45) is 0 Å². The van der Waals surface area contributed by atoms with Gasteiger partial charge in [0.25, 0.3) is 0 Å². The number of hydrogen-bond acceptors (Lipinski definition) is 7. The number of thiophene rings is 1. The van der Waals surface area contributed by atoms with Gasteiger partial charge < -0.3 is 15.2 Å². The van der Waals surface area contributed by atoms with Gasteiger partial charge in [-0.2, -0.15) is 0 Å². The van der Waals surface area contributed by atoms with Crippen molar-refractivity contribution >= 4 is 52.2 Å². The number of fused-ring (bicyclic) bond motifs is 1. The molecule has 0 fully saturated rings. The normalized spacial score (nSPS) is 10.7.